The molecule has 0 aromatic rings. The monoisotopic (exact) mass is 295 g/mol. The molecule has 0 saturated heterocycles. The van der Waals surface area contributed by atoms with E-state index in [0.29, 0.717) is 6.42 Å². The van der Waals surface area contributed by atoms with E-state index in [4.69, 9.17) is 10.5 Å². The van der Waals surface area contributed by atoms with E-state index in [2.05, 4.69) is 0 Å². The van der Waals surface area contributed by atoms with Gasteiger partial charge in [-0.25, -0.2) is 0 Å². The first-order valence-electron chi connectivity index (χ1n) is 7.28. The van der Waals surface area contributed by atoms with E-state index in [1.807, 2.05) is 6.92 Å². The molecule has 1 rings (SSSR count). The topological polar surface area (TPSA) is 52.3 Å². The van der Waals surface area contributed by atoms with Gasteiger partial charge in [-0.3, -0.25) is 4.79 Å². The van der Waals surface area contributed by atoms with Crippen LogP contribution >= 0.6 is 0 Å². The van der Waals surface area contributed by atoms with Crippen molar-refractivity contribution < 1.29 is 22.7 Å². The minimum Gasteiger partial charge on any atom is -0.462 e. The molecule has 3 nitrogen and oxygen atoms in total. The Labute approximate surface area is 118 Å². The lowest BCUT2D eigenvalue weighted by Gasteiger charge is -2.27. The van der Waals surface area contributed by atoms with Crippen molar-refractivity contribution in [3.63, 3.8) is 0 Å². The summed E-state index contributed by atoms with van der Waals surface area (Å²) in [6.07, 6.45) is -0.432. The zero-order valence-electron chi connectivity index (χ0n) is 12.1. The van der Waals surface area contributed by atoms with Crippen LogP contribution in [-0.2, 0) is 9.53 Å². The van der Waals surface area contributed by atoms with E-state index >= 15 is 0 Å². The second-order valence-corrected chi connectivity index (χ2v) is 5.72. The molecule has 0 aliphatic heterocycles. The molecule has 0 aromatic carbocycles. The van der Waals surface area contributed by atoms with E-state index in [-0.39, 0.29) is 18.4 Å². The molecule has 1 aliphatic carbocycles. The summed E-state index contributed by atoms with van der Waals surface area (Å²) >= 11 is 0. The highest BCUT2D eigenvalue weighted by Gasteiger charge is 2.46. The lowest BCUT2D eigenvalue weighted by atomic mass is 9.88. The van der Waals surface area contributed by atoms with E-state index in [1.165, 1.54) is 0 Å². The molecule has 1 unspecified atom stereocenters. The molecule has 0 amide bonds. The lowest BCUT2D eigenvalue weighted by molar-refractivity contribution is -0.180. The van der Waals surface area contributed by atoms with E-state index in [1.54, 1.807) is 6.92 Å². The van der Waals surface area contributed by atoms with Crippen molar-refractivity contribution in [1.29, 1.82) is 0 Å². The Morgan fingerprint density at radius 2 is 1.90 bits per heavy atom. The summed E-state index contributed by atoms with van der Waals surface area (Å²) in [5.41, 5.74) is 5.27. The van der Waals surface area contributed by atoms with Crippen molar-refractivity contribution in [3.05, 3.63) is 0 Å². The molecule has 20 heavy (non-hydrogen) atoms. The van der Waals surface area contributed by atoms with Gasteiger partial charge in [-0.2, -0.15) is 13.2 Å². The average molecular weight is 295 g/mol. The Bertz CT molecular complexity index is 314. The Kier molecular flexibility index (Phi) is 6.30. The first-order valence-corrected chi connectivity index (χ1v) is 7.28. The number of alkyl halides is 3. The SMILES string of the molecule is CCC(C)OC(=O)[C@@H](CC1CCCC1)[C@H](N)C(F)(F)F. The molecular weight excluding hydrogens is 271 g/mol. The summed E-state index contributed by atoms with van der Waals surface area (Å²) in [5.74, 6) is -1.94. The number of hydrogen-bond donors (Lipinski definition) is 1. The summed E-state index contributed by atoms with van der Waals surface area (Å²) in [6, 6.07) is -2.14. The molecule has 0 radical (unpaired) electrons. The third-order valence-electron chi connectivity index (χ3n) is 4.07. The quantitative estimate of drug-likeness (QED) is 0.764. The maximum Gasteiger partial charge on any atom is 0.404 e. The van der Waals surface area contributed by atoms with Crippen LogP contribution in [0.4, 0.5) is 13.2 Å². The fraction of sp³-hybridized carbons (Fsp3) is 0.929. The van der Waals surface area contributed by atoms with Gasteiger partial charge in [-0.1, -0.05) is 32.6 Å². The van der Waals surface area contributed by atoms with Crippen molar-refractivity contribution in [2.75, 3.05) is 0 Å². The average Bonchev–Trinajstić information content (AvgIpc) is 2.86. The second-order valence-electron chi connectivity index (χ2n) is 5.72. The van der Waals surface area contributed by atoms with Gasteiger partial charge in [0.05, 0.1) is 12.0 Å². The molecule has 2 N–H and O–H groups in total. The highest BCUT2D eigenvalue weighted by atomic mass is 19.4. The fourth-order valence-electron chi connectivity index (χ4n) is 2.59. The minimum atomic E-state index is -4.57. The van der Waals surface area contributed by atoms with Crippen LogP contribution in [-0.4, -0.2) is 24.3 Å². The molecule has 6 heteroatoms. The number of esters is 1. The molecule has 0 aromatic heterocycles. The highest BCUT2D eigenvalue weighted by molar-refractivity contribution is 5.73. The summed E-state index contributed by atoms with van der Waals surface area (Å²) in [4.78, 5) is 12.0. The van der Waals surface area contributed by atoms with Crippen LogP contribution in [0.3, 0.4) is 0 Å². The van der Waals surface area contributed by atoms with Gasteiger partial charge in [0.25, 0.3) is 0 Å². The van der Waals surface area contributed by atoms with E-state index in [0.717, 1.165) is 25.7 Å². The Balaban J connectivity index is 2.74. The van der Waals surface area contributed by atoms with Crippen LogP contribution in [0.1, 0.15) is 52.4 Å². The summed E-state index contributed by atoms with van der Waals surface area (Å²) in [7, 11) is 0. The first kappa shape index (κ1) is 17.3. The molecule has 1 fully saturated rings. The minimum absolute atomic E-state index is 0.151. The van der Waals surface area contributed by atoms with Crippen LogP contribution in [0.15, 0.2) is 0 Å². The number of carbonyl (C=O) groups excluding carboxylic acids is 1. The lowest BCUT2D eigenvalue weighted by Crippen LogP contribution is -2.48. The number of nitrogens with two attached hydrogens (primary N) is 1. The highest BCUT2D eigenvalue weighted by Crippen LogP contribution is 2.35. The third kappa shape index (κ3) is 4.96. The molecule has 1 aliphatic rings. The largest absolute Gasteiger partial charge is 0.462 e. The van der Waals surface area contributed by atoms with E-state index in [9.17, 15) is 18.0 Å². The zero-order valence-corrected chi connectivity index (χ0v) is 12.1. The summed E-state index contributed by atoms with van der Waals surface area (Å²) in [5, 5.41) is 0. The first-order chi connectivity index (χ1) is 9.25. The second kappa shape index (κ2) is 7.29. The van der Waals surface area contributed by atoms with Crippen LogP contribution in [0.2, 0.25) is 0 Å². The molecule has 118 valence electrons. The van der Waals surface area contributed by atoms with Crippen LogP contribution < -0.4 is 5.73 Å². The number of carbonyl (C=O) groups is 1. The van der Waals surface area contributed by atoms with Crippen molar-refractivity contribution in [2.45, 2.75) is 70.7 Å². The van der Waals surface area contributed by atoms with Crippen LogP contribution in [0.5, 0.6) is 0 Å². The summed E-state index contributed by atoms with van der Waals surface area (Å²) in [6.45, 7) is 3.48. The van der Waals surface area contributed by atoms with Gasteiger partial charge >= 0.3 is 12.1 Å². The molecule has 0 heterocycles. The van der Waals surface area contributed by atoms with Gasteiger partial charge in [0.1, 0.15) is 6.04 Å². The van der Waals surface area contributed by atoms with Gasteiger partial charge < -0.3 is 10.5 Å². The van der Waals surface area contributed by atoms with E-state index < -0.39 is 24.1 Å². The predicted octanol–water partition coefficient (Wildman–Crippen LogP) is 3.41. The fourth-order valence-corrected chi connectivity index (χ4v) is 2.59. The number of ether oxygens (including phenoxy) is 1. The van der Waals surface area contributed by atoms with Gasteiger partial charge in [0.2, 0.25) is 0 Å². The Hall–Kier alpha value is -0.780. The van der Waals surface area contributed by atoms with Gasteiger partial charge in [0, 0.05) is 0 Å². The van der Waals surface area contributed by atoms with Crippen LogP contribution in [0.25, 0.3) is 0 Å². The van der Waals surface area contributed by atoms with Crippen molar-refractivity contribution in [3.8, 4) is 0 Å². The molecule has 1 saturated carbocycles. The maximum atomic E-state index is 12.8. The Morgan fingerprint density at radius 3 is 2.35 bits per heavy atom. The number of halogens is 3. The number of hydrogen-bond acceptors (Lipinski definition) is 3. The predicted molar refractivity (Wildman–Crippen MR) is 69.9 cm³/mol. The van der Waals surface area contributed by atoms with Gasteiger partial charge in [-0.15, -0.1) is 0 Å². The third-order valence-corrected chi connectivity index (χ3v) is 4.07. The normalized spacial score (nSPS) is 21.5. The smallest absolute Gasteiger partial charge is 0.404 e. The van der Waals surface area contributed by atoms with Crippen molar-refractivity contribution in [1.82, 2.24) is 0 Å². The van der Waals surface area contributed by atoms with Crippen LogP contribution in [0, 0.1) is 11.8 Å². The molecule has 3 atom stereocenters. The Morgan fingerprint density at radius 1 is 1.35 bits per heavy atom. The molecule has 0 bridgehead atoms. The standard InChI is InChI=1S/C14H24F3NO2/c1-3-9(2)20-13(19)11(12(18)14(15,16)17)8-10-6-4-5-7-10/h9-12H,3-8,18H2,1-2H3/t9?,11-,12-/m0/s1. The molecular formula is C14H24F3NO2. The van der Waals surface area contributed by atoms with Gasteiger partial charge in [0.15, 0.2) is 0 Å². The number of rotatable bonds is 6. The van der Waals surface area contributed by atoms with Gasteiger partial charge in [-0.05, 0) is 25.7 Å². The summed E-state index contributed by atoms with van der Waals surface area (Å²) < 4.78 is 43.5. The van der Waals surface area contributed by atoms with Crippen molar-refractivity contribution in [2.24, 2.45) is 17.6 Å². The molecule has 0 spiro atoms. The maximum absolute atomic E-state index is 12.8. The van der Waals surface area contributed by atoms with Crippen molar-refractivity contribution >= 4 is 5.97 Å². The zero-order chi connectivity index (χ0) is 15.3.